The molecule has 17 heteroatoms. The molecule has 2 fully saturated rings. The van der Waals surface area contributed by atoms with Gasteiger partial charge in [-0.15, -0.1) is 0 Å². The highest BCUT2D eigenvalue weighted by Gasteiger charge is 2.37. The average molecular weight is 1040 g/mol. The number of halogens is 2. The van der Waals surface area contributed by atoms with Crippen molar-refractivity contribution in [1.29, 1.82) is 0 Å². The van der Waals surface area contributed by atoms with Gasteiger partial charge in [0.15, 0.2) is 0 Å². The fourth-order valence-corrected chi connectivity index (χ4v) is 9.88. The maximum atomic E-state index is 15.1. The number of nitrogens with zero attached hydrogens (tertiary/aromatic N) is 6. The average Bonchev–Trinajstić information content (AvgIpc) is 4.04. The lowest BCUT2D eigenvalue weighted by atomic mass is 9.92. The number of ether oxygens (including phenoxy) is 2. The summed E-state index contributed by atoms with van der Waals surface area (Å²) in [4.78, 5) is 84.6. The molecule has 0 aliphatic carbocycles. The second-order valence-electron chi connectivity index (χ2n) is 19.5. The maximum Gasteiger partial charge on any atom is 0.247 e. The van der Waals surface area contributed by atoms with Crippen molar-refractivity contribution in [2.24, 2.45) is 13.0 Å². The SMILES string of the molecule is COC[C@@H]1NC(=O)[C@H](C)N(Cc2ccc(Cl)cc2Oc2ccc(-c3cnc(CN4CCCC4)n3C)cc2)C(=O)C[C@@H](Cc2ccccc2)C(=O)N(C)[C@@H](C)[C@H](C)NC(=O)C[C@H](Cc2ccc(Cl)cc2)N(C)C1=O. The Kier molecular flexibility index (Phi) is 18.8. The van der Waals surface area contributed by atoms with E-state index >= 15 is 4.79 Å². The van der Waals surface area contributed by atoms with E-state index < -0.39 is 53.8 Å². The highest BCUT2D eigenvalue weighted by Crippen LogP contribution is 2.33. The Morgan fingerprint density at radius 1 is 0.726 bits per heavy atom. The summed E-state index contributed by atoms with van der Waals surface area (Å²) in [5, 5.41) is 6.87. The Bertz CT molecular complexity index is 2700. The molecule has 388 valence electrons. The van der Waals surface area contributed by atoms with Crippen LogP contribution < -0.4 is 15.4 Å². The van der Waals surface area contributed by atoms with E-state index in [2.05, 4.69) is 20.1 Å². The van der Waals surface area contributed by atoms with E-state index in [-0.39, 0.29) is 44.2 Å². The smallest absolute Gasteiger partial charge is 0.247 e. The Balaban J connectivity index is 1.22. The van der Waals surface area contributed by atoms with Crippen LogP contribution in [-0.4, -0.2) is 130 Å². The van der Waals surface area contributed by atoms with Crippen LogP contribution in [-0.2, 0) is 61.7 Å². The first-order valence-electron chi connectivity index (χ1n) is 25.0. The van der Waals surface area contributed by atoms with Gasteiger partial charge in [0.2, 0.25) is 29.5 Å². The molecule has 0 bridgehead atoms. The van der Waals surface area contributed by atoms with Crippen LogP contribution in [0.2, 0.25) is 10.0 Å². The van der Waals surface area contributed by atoms with Crippen LogP contribution >= 0.6 is 23.2 Å². The summed E-state index contributed by atoms with van der Waals surface area (Å²) in [6.07, 6.45) is 4.47. The first-order chi connectivity index (χ1) is 35.0. The molecule has 2 aliphatic heterocycles. The summed E-state index contributed by atoms with van der Waals surface area (Å²) >= 11 is 12.8. The third kappa shape index (κ3) is 14.1. The van der Waals surface area contributed by atoms with Gasteiger partial charge in [0.05, 0.1) is 37.5 Å². The van der Waals surface area contributed by atoms with E-state index in [1.165, 1.54) is 29.8 Å². The summed E-state index contributed by atoms with van der Waals surface area (Å²) in [6, 6.07) is 25.3. The van der Waals surface area contributed by atoms with Crippen molar-refractivity contribution in [2.75, 3.05) is 40.9 Å². The van der Waals surface area contributed by atoms with Crippen molar-refractivity contribution in [2.45, 2.75) is 103 Å². The zero-order valence-electron chi connectivity index (χ0n) is 42.9. The standard InChI is InChI=1S/C56H68Cl2N8O7/c1-36-37(2)62(4)55(70)43(27-39-13-9-8-10-14-39)29-53(68)66(38(3)54(69)61-48(35-72-7)56(71)63(5)46(31-52(67)60-36)28-40-15-20-44(57)21-16-40)33-42-17-22-45(58)30-50(42)73-47-23-18-41(19-24-47)49-32-59-51(64(49)6)34-65-25-11-12-26-65/h8-10,13-24,30,32,36-38,43,46,48H,11-12,25-29,31,33-35H2,1-7H3,(H,60,67)(H,61,69)/t36-,37-,38-,43+,46-,48-/m0/s1. The molecular weight excluding hydrogens is 968 g/mol. The Morgan fingerprint density at radius 2 is 1.40 bits per heavy atom. The number of rotatable bonds is 13. The third-order valence-electron chi connectivity index (χ3n) is 14.4. The van der Waals surface area contributed by atoms with Crippen molar-refractivity contribution >= 4 is 52.7 Å². The lowest BCUT2D eigenvalue weighted by Crippen LogP contribution is -2.58. The molecule has 4 aromatic carbocycles. The van der Waals surface area contributed by atoms with E-state index in [1.54, 1.807) is 56.3 Å². The van der Waals surface area contributed by atoms with Gasteiger partial charge in [-0.25, -0.2) is 4.98 Å². The minimum Gasteiger partial charge on any atom is -0.457 e. The molecule has 2 aliphatic rings. The molecule has 7 rings (SSSR count). The van der Waals surface area contributed by atoms with Gasteiger partial charge >= 0.3 is 0 Å². The van der Waals surface area contributed by atoms with Gasteiger partial charge in [0, 0.05) is 80.4 Å². The first-order valence-corrected chi connectivity index (χ1v) is 25.7. The number of likely N-dealkylation sites (tertiary alicyclic amines) is 1. The summed E-state index contributed by atoms with van der Waals surface area (Å²) in [5.41, 5.74) is 4.15. The lowest BCUT2D eigenvalue weighted by Gasteiger charge is -2.36. The topological polar surface area (TPSA) is 159 Å². The van der Waals surface area contributed by atoms with Gasteiger partial charge in [-0.2, -0.15) is 0 Å². The number of amides is 5. The monoisotopic (exact) mass is 1030 g/mol. The summed E-state index contributed by atoms with van der Waals surface area (Å²) < 4.78 is 14.2. The molecule has 2 saturated heterocycles. The van der Waals surface area contributed by atoms with Crippen LogP contribution in [0.3, 0.4) is 0 Å². The number of hydrogen-bond donors (Lipinski definition) is 2. The van der Waals surface area contributed by atoms with E-state index in [0.717, 1.165) is 47.8 Å². The van der Waals surface area contributed by atoms with E-state index in [4.69, 9.17) is 37.7 Å². The zero-order valence-corrected chi connectivity index (χ0v) is 44.4. The molecule has 1 aromatic heterocycles. The van der Waals surface area contributed by atoms with Crippen LogP contribution in [0.25, 0.3) is 11.3 Å². The molecular formula is C56H68Cl2N8O7. The van der Waals surface area contributed by atoms with Crippen molar-refractivity contribution in [3.63, 3.8) is 0 Å². The minimum atomic E-state index is -1.20. The molecule has 0 unspecified atom stereocenters. The van der Waals surface area contributed by atoms with Crippen molar-refractivity contribution in [1.82, 2.24) is 39.8 Å². The highest BCUT2D eigenvalue weighted by atomic mass is 35.5. The van der Waals surface area contributed by atoms with Gasteiger partial charge in [-0.05, 0) is 119 Å². The van der Waals surface area contributed by atoms with E-state index in [1.807, 2.05) is 93.8 Å². The highest BCUT2D eigenvalue weighted by molar-refractivity contribution is 6.31. The van der Waals surface area contributed by atoms with Crippen LogP contribution in [0.15, 0.2) is 103 Å². The lowest BCUT2D eigenvalue weighted by molar-refractivity contribution is -0.147. The van der Waals surface area contributed by atoms with Gasteiger partial charge in [-0.1, -0.05) is 71.7 Å². The van der Waals surface area contributed by atoms with Crippen LogP contribution in [0.1, 0.15) is 69.0 Å². The van der Waals surface area contributed by atoms with Gasteiger partial charge in [0.25, 0.3) is 0 Å². The fraction of sp³-hybridized carbons (Fsp3) is 0.429. The minimum absolute atomic E-state index is 0.0810. The zero-order chi connectivity index (χ0) is 52.3. The molecule has 0 spiro atoms. The van der Waals surface area contributed by atoms with Crippen LogP contribution in [0.4, 0.5) is 0 Å². The number of aromatic nitrogens is 2. The largest absolute Gasteiger partial charge is 0.457 e. The molecule has 0 saturated carbocycles. The number of imidazole rings is 1. The number of hydrogen-bond acceptors (Lipinski definition) is 9. The first kappa shape index (κ1) is 54.5. The fourth-order valence-electron chi connectivity index (χ4n) is 9.59. The van der Waals surface area contributed by atoms with Gasteiger partial charge < -0.3 is 39.4 Å². The van der Waals surface area contributed by atoms with Crippen LogP contribution in [0.5, 0.6) is 11.5 Å². The second kappa shape index (κ2) is 25.1. The number of benzene rings is 4. The summed E-state index contributed by atoms with van der Waals surface area (Å²) in [5.74, 6) is -1.25. The number of carbonyl (C=O) groups excluding carboxylic acids is 5. The molecule has 2 N–H and O–H groups in total. The van der Waals surface area contributed by atoms with E-state index in [9.17, 15) is 19.2 Å². The Labute approximate surface area is 439 Å². The molecule has 0 radical (unpaired) electrons. The Morgan fingerprint density at radius 3 is 2.08 bits per heavy atom. The van der Waals surface area contributed by atoms with Crippen LogP contribution in [0, 0.1) is 5.92 Å². The van der Waals surface area contributed by atoms with Crippen molar-refractivity contribution < 1.29 is 33.4 Å². The molecule has 5 amide bonds. The van der Waals surface area contributed by atoms with Crippen molar-refractivity contribution in [3.8, 4) is 22.8 Å². The Hall–Kier alpha value is -6.26. The maximum absolute atomic E-state index is 15.1. The number of carbonyl (C=O) groups is 5. The molecule has 6 atom stereocenters. The number of methoxy groups -OCH3 is 1. The molecule has 5 aromatic rings. The van der Waals surface area contributed by atoms with Gasteiger partial charge in [-0.3, -0.25) is 28.9 Å². The van der Waals surface area contributed by atoms with Gasteiger partial charge in [0.1, 0.15) is 29.4 Å². The molecule has 15 nitrogen and oxygen atoms in total. The molecule has 73 heavy (non-hydrogen) atoms. The second-order valence-corrected chi connectivity index (χ2v) is 20.3. The quantitative estimate of drug-likeness (QED) is 0.121. The normalized spacial score (nSPS) is 22.3. The predicted molar refractivity (Wildman–Crippen MR) is 283 cm³/mol. The van der Waals surface area contributed by atoms with E-state index in [0.29, 0.717) is 33.5 Å². The summed E-state index contributed by atoms with van der Waals surface area (Å²) in [7, 11) is 6.71. The summed E-state index contributed by atoms with van der Waals surface area (Å²) in [6.45, 7) is 7.89. The third-order valence-corrected chi connectivity index (χ3v) is 14.9. The molecule has 3 heterocycles. The number of nitrogens with one attached hydrogen (secondary N) is 2. The van der Waals surface area contributed by atoms with Crippen molar-refractivity contribution in [3.05, 3.63) is 136 Å². The predicted octanol–water partition coefficient (Wildman–Crippen LogP) is 7.70. The number of likely N-dealkylation sites (N-methyl/N-ethyl adjacent to an activating group) is 2.